The first kappa shape index (κ1) is 21.0. The number of methoxy groups -OCH3 is 1. The number of carbonyl (C=O) groups excluding carboxylic acids is 1. The van der Waals surface area contributed by atoms with E-state index in [2.05, 4.69) is 31.3 Å². The Morgan fingerprint density at radius 1 is 1.41 bits per heavy atom. The summed E-state index contributed by atoms with van der Waals surface area (Å²) < 4.78 is 34.5. The average molecular weight is 404 g/mol. The summed E-state index contributed by atoms with van der Waals surface area (Å²) in [7, 11) is 1.57. The van der Waals surface area contributed by atoms with Crippen LogP contribution in [0, 0.1) is 0 Å². The normalized spacial score (nSPS) is 10.2. The summed E-state index contributed by atoms with van der Waals surface area (Å²) >= 11 is 3.25. The van der Waals surface area contributed by atoms with Gasteiger partial charge in [0.25, 0.3) is 0 Å². The first-order valence-corrected chi connectivity index (χ1v) is 7.02. The average Bonchev–Trinajstić information content (AvgIpc) is 2.43. The molecule has 9 heteroatoms. The number of carbonyl (C=O) groups is 1. The SMILES string of the molecule is COCCNCC(=O)NCc1cc(Br)ccc1OC(F)F.Cl. The number of nitrogens with one attached hydrogen (secondary N) is 2. The van der Waals surface area contributed by atoms with Gasteiger partial charge in [-0.25, -0.2) is 0 Å². The molecule has 2 N–H and O–H groups in total. The Morgan fingerprint density at radius 3 is 2.77 bits per heavy atom. The van der Waals surface area contributed by atoms with Crippen LogP contribution in [0.3, 0.4) is 0 Å². The zero-order valence-electron chi connectivity index (χ0n) is 11.9. The molecule has 0 saturated carbocycles. The van der Waals surface area contributed by atoms with Crippen LogP contribution in [0.5, 0.6) is 5.75 Å². The van der Waals surface area contributed by atoms with Gasteiger partial charge in [0.15, 0.2) is 0 Å². The smallest absolute Gasteiger partial charge is 0.387 e. The Bertz CT molecular complexity index is 467. The summed E-state index contributed by atoms with van der Waals surface area (Å²) in [6.45, 7) is -1.61. The number of hydrogen-bond donors (Lipinski definition) is 2. The van der Waals surface area contributed by atoms with Crippen LogP contribution < -0.4 is 15.4 Å². The fourth-order valence-electron chi connectivity index (χ4n) is 1.53. The lowest BCUT2D eigenvalue weighted by Crippen LogP contribution is -2.34. The number of rotatable bonds is 9. The van der Waals surface area contributed by atoms with Crippen LogP contribution in [-0.4, -0.2) is 39.3 Å². The van der Waals surface area contributed by atoms with Gasteiger partial charge in [-0.3, -0.25) is 4.79 Å². The van der Waals surface area contributed by atoms with Crippen LogP contribution in [-0.2, 0) is 16.1 Å². The minimum atomic E-state index is -2.91. The van der Waals surface area contributed by atoms with E-state index in [0.717, 1.165) is 0 Å². The van der Waals surface area contributed by atoms with Crippen molar-refractivity contribution in [1.82, 2.24) is 10.6 Å². The monoisotopic (exact) mass is 402 g/mol. The molecule has 0 bridgehead atoms. The van der Waals surface area contributed by atoms with Crippen LogP contribution in [0.1, 0.15) is 5.56 Å². The van der Waals surface area contributed by atoms with E-state index in [-0.39, 0.29) is 37.2 Å². The van der Waals surface area contributed by atoms with Gasteiger partial charge in [-0.1, -0.05) is 15.9 Å². The summed E-state index contributed by atoms with van der Waals surface area (Å²) in [5.74, 6) is -0.199. The van der Waals surface area contributed by atoms with E-state index in [4.69, 9.17) is 4.74 Å². The van der Waals surface area contributed by atoms with Crippen molar-refractivity contribution in [2.24, 2.45) is 0 Å². The summed E-state index contributed by atoms with van der Waals surface area (Å²) in [5.41, 5.74) is 0.468. The van der Waals surface area contributed by atoms with Gasteiger partial charge < -0.3 is 20.1 Å². The number of alkyl halides is 2. The van der Waals surface area contributed by atoms with Gasteiger partial charge in [0, 0.05) is 30.2 Å². The molecule has 0 aliphatic carbocycles. The van der Waals surface area contributed by atoms with Crippen LogP contribution >= 0.6 is 28.3 Å². The number of halogens is 4. The Kier molecular flexibility index (Phi) is 11.1. The maximum absolute atomic E-state index is 12.3. The zero-order chi connectivity index (χ0) is 15.7. The molecule has 5 nitrogen and oxygen atoms in total. The summed E-state index contributed by atoms with van der Waals surface area (Å²) in [5, 5.41) is 5.51. The molecule has 0 unspecified atom stereocenters. The van der Waals surface area contributed by atoms with Crippen LogP contribution in [0.15, 0.2) is 22.7 Å². The molecule has 0 fully saturated rings. The van der Waals surface area contributed by atoms with Gasteiger partial charge >= 0.3 is 6.61 Å². The minimum Gasteiger partial charge on any atom is -0.434 e. The van der Waals surface area contributed by atoms with Gasteiger partial charge in [-0.05, 0) is 18.2 Å². The second-order valence-corrected chi connectivity index (χ2v) is 4.99. The maximum atomic E-state index is 12.3. The molecule has 22 heavy (non-hydrogen) atoms. The van der Waals surface area contributed by atoms with E-state index < -0.39 is 6.61 Å². The lowest BCUT2D eigenvalue weighted by molar-refractivity contribution is -0.120. The topological polar surface area (TPSA) is 59.6 Å². The molecule has 0 spiro atoms. The van der Waals surface area contributed by atoms with E-state index in [1.807, 2.05) is 0 Å². The van der Waals surface area contributed by atoms with Crippen molar-refractivity contribution in [2.45, 2.75) is 13.2 Å². The highest BCUT2D eigenvalue weighted by atomic mass is 79.9. The van der Waals surface area contributed by atoms with Crippen LogP contribution in [0.4, 0.5) is 8.78 Å². The molecule has 126 valence electrons. The Morgan fingerprint density at radius 2 is 2.14 bits per heavy atom. The van der Waals surface area contributed by atoms with Crippen molar-refractivity contribution in [3.05, 3.63) is 28.2 Å². The summed E-state index contributed by atoms with van der Waals surface area (Å²) in [6, 6.07) is 4.64. The number of hydrogen-bond acceptors (Lipinski definition) is 4. The van der Waals surface area contributed by atoms with Crippen molar-refractivity contribution in [3.8, 4) is 5.75 Å². The molecule has 0 saturated heterocycles. The molecule has 0 radical (unpaired) electrons. The van der Waals surface area contributed by atoms with Crippen molar-refractivity contribution < 1.29 is 23.0 Å². The maximum Gasteiger partial charge on any atom is 0.387 e. The molecular weight excluding hydrogens is 386 g/mol. The molecular formula is C13H18BrClF2N2O3. The molecule has 1 aromatic carbocycles. The van der Waals surface area contributed by atoms with Gasteiger partial charge in [0.2, 0.25) is 5.91 Å². The van der Waals surface area contributed by atoms with E-state index in [1.54, 1.807) is 19.2 Å². The molecule has 1 amide bonds. The quantitative estimate of drug-likeness (QED) is 0.621. The van der Waals surface area contributed by atoms with Crippen LogP contribution in [0.25, 0.3) is 0 Å². The molecule has 0 heterocycles. The predicted molar refractivity (Wildman–Crippen MR) is 84.6 cm³/mol. The van der Waals surface area contributed by atoms with E-state index in [9.17, 15) is 13.6 Å². The van der Waals surface area contributed by atoms with Crippen molar-refractivity contribution in [1.29, 1.82) is 0 Å². The first-order valence-electron chi connectivity index (χ1n) is 6.22. The molecule has 1 rings (SSSR count). The van der Waals surface area contributed by atoms with E-state index in [0.29, 0.717) is 23.2 Å². The second kappa shape index (κ2) is 11.6. The van der Waals surface area contributed by atoms with E-state index in [1.165, 1.54) is 6.07 Å². The second-order valence-electron chi connectivity index (χ2n) is 4.08. The van der Waals surface area contributed by atoms with Crippen molar-refractivity contribution in [3.63, 3.8) is 0 Å². The first-order chi connectivity index (χ1) is 10.0. The molecule has 0 aromatic heterocycles. The highest BCUT2D eigenvalue weighted by Crippen LogP contribution is 2.24. The van der Waals surface area contributed by atoms with Crippen molar-refractivity contribution in [2.75, 3.05) is 26.8 Å². The largest absolute Gasteiger partial charge is 0.434 e. The van der Waals surface area contributed by atoms with Gasteiger partial charge in [-0.15, -0.1) is 12.4 Å². The summed E-state index contributed by atoms with van der Waals surface area (Å²) in [4.78, 5) is 11.6. The lowest BCUT2D eigenvalue weighted by Gasteiger charge is -2.12. The lowest BCUT2D eigenvalue weighted by atomic mass is 10.2. The summed E-state index contributed by atoms with van der Waals surface area (Å²) in [6.07, 6.45) is 0. The predicted octanol–water partition coefficient (Wildman–Crippen LogP) is 2.32. The minimum absolute atomic E-state index is 0. The third-order valence-corrected chi connectivity index (χ3v) is 2.98. The number of ether oxygens (including phenoxy) is 2. The molecule has 0 aliphatic rings. The fourth-order valence-corrected chi connectivity index (χ4v) is 1.94. The third-order valence-electron chi connectivity index (χ3n) is 2.48. The fraction of sp³-hybridized carbons (Fsp3) is 0.462. The zero-order valence-corrected chi connectivity index (χ0v) is 14.3. The molecule has 0 aliphatic heterocycles. The number of benzene rings is 1. The Hall–Kier alpha value is -0.960. The van der Waals surface area contributed by atoms with Crippen molar-refractivity contribution >= 4 is 34.2 Å². The van der Waals surface area contributed by atoms with Gasteiger partial charge in [-0.2, -0.15) is 8.78 Å². The van der Waals surface area contributed by atoms with E-state index >= 15 is 0 Å². The number of amides is 1. The highest BCUT2D eigenvalue weighted by molar-refractivity contribution is 9.10. The van der Waals surface area contributed by atoms with Gasteiger partial charge in [0.1, 0.15) is 5.75 Å². The Labute approximate surface area is 142 Å². The van der Waals surface area contributed by atoms with Crippen LogP contribution in [0.2, 0.25) is 0 Å². The van der Waals surface area contributed by atoms with Gasteiger partial charge in [0.05, 0.1) is 13.2 Å². The standard InChI is InChI=1S/C13H17BrF2N2O3.ClH/c1-20-5-4-17-8-12(19)18-7-9-6-10(14)2-3-11(9)21-13(15)16;/h2-3,6,13,17H,4-5,7-8H2,1H3,(H,18,19);1H. The molecule has 0 atom stereocenters. The third kappa shape index (κ3) is 8.47. The molecule has 1 aromatic rings. The Balaban J connectivity index is 0.00000441. The highest BCUT2D eigenvalue weighted by Gasteiger charge is 2.11.